The largest absolute Gasteiger partial charge is 0.465 e. The highest BCUT2D eigenvalue weighted by Gasteiger charge is 2.22. The molecule has 0 bridgehead atoms. The Hall–Kier alpha value is -3.00. The van der Waals surface area contributed by atoms with Gasteiger partial charge in [-0.05, 0) is 62.7 Å². The number of anilines is 1. The smallest absolute Gasteiger partial charge is 0.337 e. The SMILES string of the molecule is COC(=O)c1ccc(F)c(NC(=O)c2c(C)ccn(C3CCNCC3)c2=O)c1. The number of halogens is 1. The number of carbonyl (C=O) groups is 2. The molecule has 1 fully saturated rings. The van der Waals surface area contributed by atoms with Crippen LogP contribution in [0, 0.1) is 12.7 Å². The normalized spacial score (nSPS) is 14.5. The first-order valence-electron chi connectivity index (χ1n) is 9.04. The number of nitrogens with one attached hydrogen (secondary N) is 2. The number of aromatic nitrogens is 1. The van der Waals surface area contributed by atoms with Crippen molar-refractivity contribution in [3.8, 4) is 0 Å². The zero-order valence-electron chi connectivity index (χ0n) is 15.8. The van der Waals surface area contributed by atoms with Crippen LogP contribution in [0.15, 0.2) is 35.3 Å². The standard InChI is InChI=1S/C20H22FN3O4/c1-12-7-10-24(14-5-8-22-9-6-14)19(26)17(12)18(25)23-16-11-13(20(27)28-2)3-4-15(16)21/h3-4,7,10-11,14,22H,5-6,8-9H2,1-2H3,(H,23,25). The lowest BCUT2D eigenvalue weighted by atomic mass is 10.0. The molecular weight excluding hydrogens is 365 g/mol. The number of nitrogens with zero attached hydrogens (tertiary/aromatic N) is 1. The second kappa shape index (κ2) is 8.35. The maximum atomic E-state index is 14.1. The molecule has 0 radical (unpaired) electrons. The number of carbonyl (C=O) groups excluding carboxylic acids is 2. The third-order valence-corrected chi connectivity index (χ3v) is 4.89. The van der Waals surface area contributed by atoms with Gasteiger partial charge in [0.2, 0.25) is 0 Å². The van der Waals surface area contributed by atoms with Gasteiger partial charge in [-0.3, -0.25) is 9.59 Å². The molecular formula is C20H22FN3O4. The van der Waals surface area contributed by atoms with Crippen molar-refractivity contribution >= 4 is 17.6 Å². The molecule has 8 heteroatoms. The van der Waals surface area contributed by atoms with Gasteiger partial charge in [0, 0.05) is 12.2 Å². The molecule has 1 aromatic heterocycles. The minimum Gasteiger partial charge on any atom is -0.465 e. The van der Waals surface area contributed by atoms with Gasteiger partial charge in [-0.15, -0.1) is 0 Å². The highest BCUT2D eigenvalue weighted by Crippen LogP contribution is 2.20. The molecule has 2 N–H and O–H groups in total. The molecule has 2 aromatic rings. The number of methoxy groups -OCH3 is 1. The van der Waals surface area contributed by atoms with E-state index in [4.69, 9.17) is 0 Å². The van der Waals surface area contributed by atoms with Crippen LogP contribution >= 0.6 is 0 Å². The lowest BCUT2D eigenvalue weighted by Crippen LogP contribution is -2.37. The average Bonchev–Trinajstić information content (AvgIpc) is 2.70. The van der Waals surface area contributed by atoms with E-state index in [1.165, 1.54) is 19.2 Å². The Morgan fingerprint density at radius 3 is 2.64 bits per heavy atom. The first-order chi connectivity index (χ1) is 13.4. The fourth-order valence-corrected chi connectivity index (χ4v) is 3.34. The topological polar surface area (TPSA) is 89.4 Å². The predicted octanol–water partition coefficient (Wildman–Crippen LogP) is 2.26. The third kappa shape index (κ3) is 3.96. The maximum absolute atomic E-state index is 14.1. The van der Waals surface area contributed by atoms with Crippen LogP contribution in [0.25, 0.3) is 0 Å². The van der Waals surface area contributed by atoms with Gasteiger partial charge in [-0.25, -0.2) is 9.18 Å². The van der Waals surface area contributed by atoms with E-state index in [0.29, 0.717) is 5.56 Å². The number of aryl methyl sites for hydroxylation is 1. The lowest BCUT2D eigenvalue weighted by Gasteiger charge is -2.25. The van der Waals surface area contributed by atoms with Crippen LogP contribution in [0.3, 0.4) is 0 Å². The summed E-state index contributed by atoms with van der Waals surface area (Å²) in [6.07, 6.45) is 3.28. The molecule has 1 aliphatic rings. The van der Waals surface area contributed by atoms with E-state index in [2.05, 4.69) is 15.4 Å². The van der Waals surface area contributed by atoms with E-state index in [1.54, 1.807) is 23.8 Å². The Morgan fingerprint density at radius 2 is 1.96 bits per heavy atom. The van der Waals surface area contributed by atoms with Crippen molar-refractivity contribution < 1.29 is 18.7 Å². The van der Waals surface area contributed by atoms with Crippen LogP contribution in [-0.2, 0) is 4.74 Å². The summed E-state index contributed by atoms with van der Waals surface area (Å²) >= 11 is 0. The van der Waals surface area contributed by atoms with E-state index < -0.39 is 23.3 Å². The highest BCUT2D eigenvalue weighted by molar-refractivity contribution is 6.05. The Balaban J connectivity index is 1.93. The Morgan fingerprint density at radius 1 is 1.25 bits per heavy atom. The van der Waals surface area contributed by atoms with Crippen LogP contribution < -0.4 is 16.2 Å². The first kappa shape index (κ1) is 19.8. The van der Waals surface area contributed by atoms with Gasteiger partial charge in [-0.2, -0.15) is 0 Å². The summed E-state index contributed by atoms with van der Waals surface area (Å²) in [6, 6.07) is 5.23. The lowest BCUT2D eigenvalue weighted by molar-refractivity contribution is 0.0600. The van der Waals surface area contributed by atoms with Gasteiger partial charge in [0.05, 0.1) is 18.4 Å². The average molecular weight is 387 g/mol. The maximum Gasteiger partial charge on any atom is 0.337 e. The van der Waals surface area contributed by atoms with Crippen molar-refractivity contribution in [3.05, 3.63) is 63.3 Å². The molecule has 1 aliphatic heterocycles. The van der Waals surface area contributed by atoms with Crippen molar-refractivity contribution in [2.75, 3.05) is 25.5 Å². The summed E-state index contributed by atoms with van der Waals surface area (Å²) in [4.78, 5) is 37.4. The number of amides is 1. The minimum absolute atomic E-state index is 0.0142. The van der Waals surface area contributed by atoms with Gasteiger partial charge in [0.15, 0.2) is 0 Å². The summed E-state index contributed by atoms with van der Waals surface area (Å²) in [6.45, 7) is 3.26. The van der Waals surface area contributed by atoms with Gasteiger partial charge in [0.1, 0.15) is 11.4 Å². The predicted molar refractivity (Wildman–Crippen MR) is 102 cm³/mol. The van der Waals surface area contributed by atoms with Crippen molar-refractivity contribution in [1.29, 1.82) is 0 Å². The van der Waals surface area contributed by atoms with Gasteiger partial charge >= 0.3 is 5.97 Å². The van der Waals surface area contributed by atoms with Gasteiger partial charge < -0.3 is 19.9 Å². The van der Waals surface area contributed by atoms with Crippen molar-refractivity contribution in [2.24, 2.45) is 0 Å². The molecule has 2 heterocycles. The fraction of sp³-hybridized carbons (Fsp3) is 0.350. The van der Waals surface area contributed by atoms with Crippen LogP contribution in [0.1, 0.15) is 45.2 Å². The van der Waals surface area contributed by atoms with E-state index in [0.717, 1.165) is 32.0 Å². The van der Waals surface area contributed by atoms with Crippen LogP contribution in [0.4, 0.5) is 10.1 Å². The van der Waals surface area contributed by atoms with Gasteiger partial charge in [0.25, 0.3) is 11.5 Å². The third-order valence-electron chi connectivity index (χ3n) is 4.89. The quantitative estimate of drug-likeness (QED) is 0.786. The monoisotopic (exact) mass is 387 g/mol. The second-order valence-electron chi connectivity index (χ2n) is 6.71. The van der Waals surface area contributed by atoms with Crippen molar-refractivity contribution in [3.63, 3.8) is 0 Å². The molecule has 0 saturated carbocycles. The fourth-order valence-electron chi connectivity index (χ4n) is 3.34. The first-order valence-corrected chi connectivity index (χ1v) is 9.04. The van der Waals surface area contributed by atoms with E-state index in [9.17, 15) is 18.8 Å². The molecule has 7 nitrogen and oxygen atoms in total. The number of hydrogen-bond acceptors (Lipinski definition) is 5. The summed E-state index contributed by atoms with van der Waals surface area (Å²) < 4.78 is 20.3. The van der Waals surface area contributed by atoms with Crippen LogP contribution in [0.5, 0.6) is 0 Å². The molecule has 0 spiro atoms. The van der Waals surface area contributed by atoms with E-state index in [1.807, 2.05) is 0 Å². The van der Waals surface area contributed by atoms with Gasteiger partial charge in [-0.1, -0.05) is 0 Å². The summed E-state index contributed by atoms with van der Waals surface area (Å²) in [5.74, 6) is -2.08. The van der Waals surface area contributed by atoms with Crippen LogP contribution in [0.2, 0.25) is 0 Å². The number of hydrogen-bond donors (Lipinski definition) is 2. The molecule has 1 amide bonds. The Bertz CT molecular complexity index is 964. The zero-order chi connectivity index (χ0) is 20.3. The highest BCUT2D eigenvalue weighted by atomic mass is 19.1. The van der Waals surface area contributed by atoms with E-state index >= 15 is 0 Å². The number of benzene rings is 1. The van der Waals surface area contributed by atoms with Crippen molar-refractivity contribution in [1.82, 2.24) is 9.88 Å². The summed E-state index contributed by atoms with van der Waals surface area (Å²) in [5.41, 5.74) is -0.0462. The Kier molecular flexibility index (Phi) is 5.89. The molecule has 0 aliphatic carbocycles. The number of rotatable bonds is 4. The summed E-state index contributed by atoms with van der Waals surface area (Å²) in [7, 11) is 1.21. The molecule has 0 unspecified atom stereocenters. The minimum atomic E-state index is -0.716. The molecule has 1 saturated heterocycles. The summed E-state index contributed by atoms with van der Waals surface area (Å²) in [5, 5.41) is 5.65. The van der Waals surface area contributed by atoms with E-state index in [-0.39, 0.29) is 22.9 Å². The molecule has 28 heavy (non-hydrogen) atoms. The van der Waals surface area contributed by atoms with Crippen molar-refractivity contribution in [2.45, 2.75) is 25.8 Å². The molecule has 3 rings (SSSR count). The number of piperidine rings is 1. The number of esters is 1. The second-order valence-corrected chi connectivity index (χ2v) is 6.71. The zero-order valence-corrected chi connectivity index (χ0v) is 15.8. The number of ether oxygens (including phenoxy) is 1. The number of pyridine rings is 1. The molecule has 148 valence electrons. The molecule has 1 aromatic carbocycles. The Labute approximate surface area is 161 Å². The van der Waals surface area contributed by atoms with Crippen LogP contribution in [-0.4, -0.2) is 36.6 Å². The molecule has 0 atom stereocenters.